The molecule has 0 radical (unpaired) electrons. The molecule has 1 aliphatic heterocycles. The Kier molecular flexibility index (Phi) is 7.64. The van der Waals surface area contributed by atoms with E-state index >= 15 is 0 Å². The maximum Gasteiger partial charge on any atom is 0.491 e. The third-order valence-electron chi connectivity index (χ3n) is 6.55. The van der Waals surface area contributed by atoms with Crippen molar-refractivity contribution in [1.82, 2.24) is 0 Å². The van der Waals surface area contributed by atoms with Crippen LogP contribution in [0.15, 0.2) is 101 Å². The van der Waals surface area contributed by atoms with E-state index in [1.54, 1.807) is 12.1 Å². The molecule has 3 aromatic rings. The topological polar surface area (TPSA) is 72.1 Å². The summed E-state index contributed by atoms with van der Waals surface area (Å²) in [5.41, 5.74) is 1.33. The zero-order valence-corrected chi connectivity index (χ0v) is 21.6. The van der Waals surface area contributed by atoms with E-state index in [9.17, 15) is 10.1 Å². The number of benzene rings is 2. The zero-order chi connectivity index (χ0) is 25.1. The minimum atomic E-state index is -2.71. The standard InChI is InChI=1S/C28H33BO5Si/c1-21(25-16-18-27(34-29(25)31)26-17-15-22(19-30)33-26)20-32-35(28(2,3)4,23-11-7-5-8-12-23)24-13-9-6-10-14-24/h5-17,27,30-31H,1,18-20H2,2-4H3. The van der Waals surface area contributed by atoms with E-state index in [4.69, 9.17) is 13.5 Å². The first-order valence-corrected chi connectivity index (χ1v) is 13.8. The molecule has 0 aliphatic carbocycles. The Balaban J connectivity index is 1.59. The van der Waals surface area contributed by atoms with Crippen molar-refractivity contribution < 1.29 is 23.6 Å². The molecule has 1 aromatic heterocycles. The Morgan fingerprint density at radius 2 is 1.63 bits per heavy atom. The van der Waals surface area contributed by atoms with Crippen molar-refractivity contribution in [1.29, 1.82) is 0 Å². The summed E-state index contributed by atoms with van der Waals surface area (Å²) in [5.74, 6) is 1.05. The molecular weight excluding hydrogens is 455 g/mol. The zero-order valence-electron chi connectivity index (χ0n) is 20.6. The van der Waals surface area contributed by atoms with Crippen molar-refractivity contribution in [3.63, 3.8) is 0 Å². The molecule has 7 heteroatoms. The molecule has 1 aliphatic rings. The summed E-state index contributed by atoms with van der Waals surface area (Å²) in [6, 6.07) is 24.4. The van der Waals surface area contributed by atoms with Gasteiger partial charge in [-0.1, -0.05) is 94.1 Å². The third kappa shape index (κ3) is 5.15. The SMILES string of the molecule is C=C(CO[Si](c1ccccc1)(c1ccccc1)C(C)(C)C)C1=CCC(c2ccc(CO)o2)OB1O. The van der Waals surface area contributed by atoms with Crippen LogP contribution in [0.25, 0.3) is 0 Å². The van der Waals surface area contributed by atoms with Crippen molar-refractivity contribution in [2.75, 3.05) is 6.61 Å². The van der Waals surface area contributed by atoms with Crippen molar-refractivity contribution in [2.24, 2.45) is 0 Å². The number of furan rings is 1. The van der Waals surface area contributed by atoms with E-state index in [1.165, 1.54) is 10.4 Å². The van der Waals surface area contributed by atoms with Crippen molar-refractivity contribution in [3.05, 3.63) is 108 Å². The monoisotopic (exact) mass is 488 g/mol. The molecule has 0 saturated heterocycles. The summed E-state index contributed by atoms with van der Waals surface area (Å²) in [6.07, 6.45) is 2.06. The van der Waals surface area contributed by atoms with Gasteiger partial charge in [0.2, 0.25) is 0 Å². The van der Waals surface area contributed by atoms with Gasteiger partial charge in [-0.2, -0.15) is 0 Å². The van der Waals surface area contributed by atoms with Gasteiger partial charge < -0.3 is 23.6 Å². The first kappa shape index (κ1) is 25.4. The number of rotatable bonds is 8. The van der Waals surface area contributed by atoms with Crippen LogP contribution in [0.2, 0.25) is 5.04 Å². The molecule has 35 heavy (non-hydrogen) atoms. The molecule has 2 N–H and O–H groups in total. The average Bonchev–Trinajstić information content (AvgIpc) is 3.34. The predicted molar refractivity (Wildman–Crippen MR) is 142 cm³/mol. The Morgan fingerprint density at radius 3 is 2.11 bits per heavy atom. The molecule has 0 amide bonds. The maximum absolute atomic E-state index is 10.8. The summed E-state index contributed by atoms with van der Waals surface area (Å²) in [5, 5.41) is 22.3. The van der Waals surface area contributed by atoms with Gasteiger partial charge in [-0.05, 0) is 45.0 Å². The number of aliphatic hydroxyl groups excluding tert-OH is 1. The summed E-state index contributed by atoms with van der Waals surface area (Å²) in [4.78, 5) is 0. The van der Waals surface area contributed by atoms with Crippen molar-refractivity contribution in [3.8, 4) is 0 Å². The van der Waals surface area contributed by atoms with Crippen LogP contribution in [0.1, 0.15) is 44.8 Å². The van der Waals surface area contributed by atoms with Crippen LogP contribution in [0.4, 0.5) is 0 Å². The Labute approximate surface area is 209 Å². The Bertz CT molecular complexity index is 1130. The normalized spacial score (nSPS) is 16.8. The minimum Gasteiger partial charge on any atom is -0.461 e. The van der Waals surface area contributed by atoms with Gasteiger partial charge in [0.15, 0.2) is 0 Å². The first-order chi connectivity index (χ1) is 16.8. The molecular formula is C28H33BO5Si. The van der Waals surface area contributed by atoms with E-state index < -0.39 is 21.5 Å². The Hall–Kier alpha value is -2.68. The molecule has 182 valence electrons. The summed E-state index contributed by atoms with van der Waals surface area (Å²) in [6.45, 7) is 11.0. The van der Waals surface area contributed by atoms with Crippen LogP contribution in [0, 0.1) is 0 Å². The smallest absolute Gasteiger partial charge is 0.461 e. The third-order valence-corrected chi connectivity index (χ3v) is 11.5. The van der Waals surface area contributed by atoms with Crippen LogP contribution in [0.5, 0.6) is 0 Å². The molecule has 1 atom stereocenters. The van der Waals surface area contributed by atoms with Crippen LogP contribution >= 0.6 is 0 Å². The molecule has 0 bridgehead atoms. The summed E-state index contributed by atoms with van der Waals surface area (Å²) < 4.78 is 18.4. The quantitative estimate of drug-likeness (QED) is 0.463. The molecule has 2 aromatic carbocycles. The highest BCUT2D eigenvalue weighted by Crippen LogP contribution is 2.38. The highest BCUT2D eigenvalue weighted by atomic mass is 28.4. The van der Waals surface area contributed by atoms with E-state index in [0.717, 1.165) is 0 Å². The molecule has 0 saturated carbocycles. The average molecular weight is 488 g/mol. The van der Waals surface area contributed by atoms with Crippen molar-refractivity contribution in [2.45, 2.75) is 44.9 Å². The van der Waals surface area contributed by atoms with Crippen LogP contribution in [-0.4, -0.2) is 32.2 Å². The van der Waals surface area contributed by atoms with Crippen LogP contribution in [-0.2, 0) is 15.7 Å². The van der Waals surface area contributed by atoms with Crippen LogP contribution < -0.4 is 10.4 Å². The highest BCUT2D eigenvalue weighted by Gasteiger charge is 2.50. The molecule has 2 heterocycles. The van der Waals surface area contributed by atoms with Gasteiger partial charge in [0.05, 0.1) is 6.61 Å². The van der Waals surface area contributed by atoms with E-state index in [0.29, 0.717) is 29.0 Å². The lowest BCUT2D eigenvalue weighted by Crippen LogP contribution is -2.66. The molecule has 0 fully saturated rings. The number of aliphatic hydroxyl groups is 1. The lowest BCUT2D eigenvalue weighted by atomic mass is 9.71. The maximum atomic E-state index is 10.8. The fraction of sp³-hybridized carbons (Fsp3) is 0.286. The van der Waals surface area contributed by atoms with Gasteiger partial charge in [-0.15, -0.1) is 0 Å². The second kappa shape index (κ2) is 10.5. The number of hydrogen-bond donors (Lipinski definition) is 2. The lowest BCUT2D eigenvalue weighted by Gasteiger charge is -2.43. The molecule has 1 unspecified atom stereocenters. The van der Waals surface area contributed by atoms with Crippen molar-refractivity contribution >= 4 is 25.8 Å². The van der Waals surface area contributed by atoms with Gasteiger partial charge in [-0.3, -0.25) is 0 Å². The minimum absolute atomic E-state index is 0.152. The Morgan fingerprint density at radius 1 is 1.03 bits per heavy atom. The highest BCUT2D eigenvalue weighted by molar-refractivity contribution is 6.99. The van der Waals surface area contributed by atoms with Gasteiger partial charge in [0, 0.05) is 0 Å². The number of hydrogen-bond acceptors (Lipinski definition) is 5. The molecule has 4 rings (SSSR count). The van der Waals surface area contributed by atoms with E-state index in [-0.39, 0.29) is 18.3 Å². The second-order valence-electron chi connectivity index (χ2n) is 9.89. The van der Waals surface area contributed by atoms with Gasteiger partial charge in [0.1, 0.15) is 24.2 Å². The van der Waals surface area contributed by atoms with Gasteiger partial charge in [-0.25, -0.2) is 0 Å². The molecule has 0 spiro atoms. The first-order valence-electron chi connectivity index (χ1n) is 11.9. The van der Waals surface area contributed by atoms with E-state index in [1.807, 2.05) is 18.2 Å². The largest absolute Gasteiger partial charge is 0.491 e. The van der Waals surface area contributed by atoms with Gasteiger partial charge in [0.25, 0.3) is 8.32 Å². The summed E-state index contributed by atoms with van der Waals surface area (Å²) in [7, 11) is -3.85. The second-order valence-corrected chi connectivity index (χ2v) is 14.2. The van der Waals surface area contributed by atoms with Crippen LogP contribution in [0.3, 0.4) is 0 Å². The lowest BCUT2D eigenvalue weighted by molar-refractivity contribution is 0.138. The van der Waals surface area contributed by atoms with Gasteiger partial charge >= 0.3 is 7.12 Å². The van der Waals surface area contributed by atoms with E-state index in [2.05, 4.69) is 75.9 Å². The fourth-order valence-corrected chi connectivity index (χ4v) is 9.36. The fourth-order valence-electron chi connectivity index (χ4n) is 4.81. The summed E-state index contributed by atoms with van der Waals surface area (Å²) >= 11 is 0. The predicted octanol–water partition coefficient (Wildman–Crippen LogP) is 4.31. The molecule has 5 nitrogen and oxygen atoms in total.